The summed E-state index contributed by atoms with van der Waals surface area (Å²) in [7, 11) is 1.58. The summed E-state index contributed by atoms with van der Waals surface area (Å²) in [5, 5.41) is 5.46. The van der Waals surface area contributed by atoms with E-state index in [1.807, 2.05) is 6.07 Å². The third kappa shape index (κ3) is 5.46. The van der Waals surface area contributed by atoms with Crippen molar-refractivity contribution in [2.75, 3.05) is 18.2 Å². The van der Waals surface area contributed by atoms with E-state index in [0.29, 0.717) is 22.7 Å². The molecule has 6 nitrogen and oxygen atoms in total. The van der Waals surface area contributed by atoms with Crippen LogP contribution in [-0.4, -0.2) is 18.9 Å². The number of ether oxygens (including phenoxy) is 1. The van der Waals surface area contributed by atoms with Crippen molar-refractivity contribution in [2.24, 2.45) is 0 Å². The van der Waals surface area contributed by atoms with E-state index in [0.717, 1.165) is 5.56 Å². The molecule has 0 fully saturated rings. The molecule has 0 heterocycles. The predicted octanol–water partition coefficient (Wildman–Crippen LogP) is 3.69. The predicted molar refractivity (Wildman–Crippen MR) is 114 cm³/mol. The third-order valence-corrected chi connectivity index (χ3v) is 4.12. The van der Waals surface area contributed by atoms with E-state index in [2.05, 4.69) is 10.6 Å². The normalized spacial score (nSPS) is 10.9. The first-order valence-electron chi connectivity index (χ1n) is 8.94. The van der Waals surface area contributed by atoms with E-state index in [-0.39, 0.29) is 11.6 Å². The zero-order valence-electron chi connectivity index (χ0n) is 15.9. The third-order valence-electron chi connectivity index (χ3n) is 4.12. The summed E-state index contributed by atoms with van der Waals surface area (Å²) in [6.45, 7) is 0. The van der Waals surface area contributed by atoms with Crippen LogP contribution in [0.5, 0.6) is 5.75 Å². The van der Waals surface area contributed by atoms with Gasteiger partial charge in [-0.1, -0.05) is 30.3 Å². The van der Waals surface area contributed by atoms with Gasteiger partial charge in [-0.2, -0.15) is 0 Å². The van der Waals surface area contributed by atoms with Gasteiger partial charge in [-0.3, -0.25) is 9.59 Å². The van der Waals surface area contributed by atoms with Crippen LogP contribution in [0.15, 0.2) is 84.6 Å². The molecule has 0 saturated carbocycles. The Bertz CT molecular complexity index is 1010. The molecule has 0 atom stereocenters. The van der Waals surface area contributed by atoms with Gasteiger partial charge in [-0.25, -0.2) is 0 Å². The summed E-state index contributed by atoms with van der Waals surface area (Å²) in [6, 6.07) is 22.6. The van der Waals surface area contributed by atoms with Gasteiger partial charge in [-0.15, -0.1) is 0 Å². The average Bonchev–Trinajstić information content (AvgIpc) is 2.76. The summed E-state index contributed by atoms with van der Waals surface area (Å²) in [4.78, 5) is 25.4. The monoisotopic (exact) mass is 387 g/mol. The van der Waals surface area contributed by atoms with Gasteiger partial charge in [-0.05, 0) is 60.2 Å². The van der Waals surface area contributed by atoms with E-state index in [9.17, 15) is 9.59 Å². The van der Waals surface area contributed by atoms with Gasteiger partial charge in [0, 0.05) is 16.9 Å². The molecule has 0 radical (unpaired) electrons. The molecule has 3 rings (SSSR count). The van der Waals surface area contributed by atoms with Gasteiger partial charge in [0.05, 0.1) is 7.11 Å². The largest absolute Gasteiger partial charge is 0.497 e. The molecular formula is C23H21N3O3. The number of benzene rings is 3. The number of carbonyl (C=O) groups is 2. The Morgan fingerprint density at radius 3 is 2.17 bits per heavy atom. The number of carbonyl (C=O) groups excluding carboxylic acids is 2. The van der Waals surface area contributed by atoms with E-state index < -0.39 is 5.91 Å². The number of methoxy groups -OCH3 is 1. The van der Waals surface area contributed by atoms with Crippen molar-refractivity contribution in [2.45, 2.75) is 0 Å². The Kier molecular flexibility index (Phi) is 6.27. The molecule has 0 bridgehead atoms. The summed E-state index contributed by atoms with van der Waals surface area (Å²) in [5.74, 6) is -0.129. The SMILES string of the molecule is COc1ccc(C=C(NC(=O)c2ccccc2)C(=O)Nc2ccc(N)cc2)cc1. The van der Waals surface area contributed by atoms with Crippen molar-refractivity contribution >= 4 is 29.3 Å². The highest BCUT2D eigenvalue weighted by Gasteiger charge is 2.15. The summed E-state index contributed by atoms with van der Waals surface area (Å²) in [6.07, 6.45) is 1.60. The minimum absolute atomic E-state index is 0.112. The lowest BCUT2D eigenvalue weighted by molar-refractivity contribution is -0.113. The lowest BCUT2D eigenvalue weighted by atomic mass is 10.1. The fourth-order valence-electron chi connectivity index (χ4n) is 2.57. The average molecular weight is 387 g/mol. The first kappa shape index (κ1) is 19.7. The molecule has 0 aromatic heterocycles. The molecule has 0 unspecified atom stereocenters. The van der Waals surface area contributed by atoms with Crippen LogP contribution < -0.4 is 21.1 Å². The lowest BCUT2D eigenvalue weighted by Crippen LogP contribution is -2.30. The van der Waals surface area contributed by atoms with Crippen molar-refractivity contribution in [1.29, 1.82) is 0 Å². The summed E-state index contributed by atoms with van der Waals surface area (Å²) >= 11 is 0. The lowest BCUT2D eigenvalue weighted by Gasteiger charge is -2.12. The molecule has 0 spiro atoms. The number of hydrogen-bond donors (Lipinski definition) is 3. The Morgan fingerprint density at radius 1 is 0.897 bits per heavy atom. The van der Waals surface area contributed by atoms with E-state index in [4.69, 9.17) is 10.5 Å². The zero-order chi connectivity index (χ0) is 20.6. The highest BCUT2D eigenvalue weighted by molar-refractivity contribution is 6.10. The Hall–Kier alpha value is -4.06. The second-order valence-corrected chi connectivity index (χ2v) is 6.23. The Morgan fingerprint density at radius 2 is 1.55 bits per heavy atom. The van der Waals surface area contributed by atoms with Crippen molar-refractivity contribution in [3.05, 3.63) is 95.7 Å². The molecule has 4 N–H and O–H groups in total. The number of hydrogen-bond acceptors (Lipinski definition) is 4. The minimum Gasteiger partial charge on any atom is -0.497 e. The number of nitrogens with one attached hydrogen (secondary N) is 2. The van der Waals surface area contributed by atoms with Gasteiger partial charge in [0.25, 0.3) is 11.8 Å². The van der Waals surface area contributed by atoms with E-state index in [1.165, 1.54) is 0 Å². The number of nitrogens with two attached hydrogens (primary N) is 1. The van der Waals surface area contributed by atoms with Crippen molar-refractivity contribution in [3.63, 3.8) is 0 Å². The van der Waals surface area contributed by atoms with Crippen LogP contribution >= 0.6 is 0 Å². The van der Waals surface area contributed by atoms with Crippen LogP contribution in [0.25, 0.3) is 6.08 Å². The molecule has 0 saturated heterocycles. The Labute approximate surface area is 169 Å². The van der Waals surface area contributed by atoms with Gasteiger partial charge in [0.2, 0.25) is 0 Å². The maximum atomic E-state index is 12.8. The highest BCUT2D eigenvalue weighted by atomic mass is 16.5. The van der Waals surface area contributed by atoms with Gasteiger partial charge in [0.15, 0.2) is 0 Å². The van der Waals surface area contributed by atoms with E-state index >= 15 is 0 Å². The molecule has 3 aromatic carbocycles. The van der Waals surface area contributed by atoms with Crippen LogP contribution in [0.2, 0.25) is 0 Å². The smallest absolute Gasteiger partial charge is 0.272 e. The second kappa shape index (κ2) is 9.23. The Balaban J connectivity index is 1.86. The second-order valence-electron chi connectivity index (χ2n) is 6.23. The van der Waals surface area contributed by atoms with Crippen LogP contribution in [0.3, 0.4) is 0 Å². The molecular weight excluding hydrogens is 366 g/mol. The van der Waals surface area contributed by atoms with Crippen LogP contribution in [0.4, 0.5) is 11.4 Å². The number of amides is 2. The molecule has 0 aliphatic carbocycles. The summed E-state index contributed by atoms with van der Waals surface area (Å²) in [5.41, 5.74) is 8.14. The zero-order valence-corrected chi connectivity index (χ0v) is 15.9. The van der Waals surface area contributed by atoms with Crippen LogP contribution in [0.1, 0.15) is 15.9 Å². The number of anilines is 2. The standard InChI is InChI=1S/C23H21N3O3/c1-29-20-13-7-16(8-14-20)15-21(26-22(27)17-5-3-2-4-6-17)23(28)25-19-11-9-18(24)10-12-19/h2-15H,24H2,1H3,(H,25,28)(H,26,27). The minimum atomic E-state index is -0.449. The van der Waals surface area contributed by atoms with Crippen molar-refractivity contribution in [1.82, 2.24) is 5.32 Å². The van der Waals surface area contributed by atoms with E-state index in [1.54, 1.807) is 86.0 Å². The maximum absolute atomic E-state index is 12.8. The fourth-order valence-corrected chi connectivity index (χ4v) is 2.57. The van der Waals surface area contributed by atoms with Gasteiger partial charge >= 0.3 is 0 Å². The topological polar surface area (TPSA) is 93.4 Å². The highest BCUT2D eigenvalue weighted by Crippen LogP contribution is 2.16. The number of rotatable bonds is 6. The molecule has 2 amide bonds. The fraction of sp³-hybridized carbons (Fsp3) is 0.0435. The first-order valence-corrected chi connectivity index (χ1v) is 8.94. The molecule has 146 valence electrons. The van der Waals surface area contributed by atoms with Gasteiger partial charge < -0.3 is 21.1 Å². The quantitative estimate of drug-likeness (QED) is 0.444. The van der Waals surface area contributed by atoms with Crippen LogP contribution in [0, 0.1) is 0 Å². The molecule has 3 aromatic rings. The molecule has 0 aliphatic heterocycles. The van der Waals surface area contributed by atoms with Gasteiger partial charge in [0.1, 0.15) is 11.4 Å². The van der Waals surface area contributed by atoms with Crippen molar-refractivity contribution in [3.8, 4) is 5.75 Å². The van der Waals surface area contributed by atoms with Crippen LogP contribution in [-0.2, 0) is 4.79 Å². The molecule has 29 heavy (non-hydrogen) atoms. The number of nitrogen functional groups attached to an aromatic ring is 1. The maximum Gasteiger partial charge on any atom is 0.272 e. The first-order chi connectivity index (χ1) is 14.0. The molecule has 0 aliphatic rings. The summed E-state index contributed by atoms with van der Waals surface area (Å²) < 4.78 is 5.15. The van der Waals surface area contributed by atoms with Crippen molar-refractivity contribution < 1.29 is 14.3 Å². The molecule has 6 heteroatoms.